The molecule has 0 bridgehead atoms. The van der Waals surface area contributed by atoms with E-state index in [0.717, 1.165) is 11.1 Å². The van der Waals surface area contributed by atoms with Crippen molar-refractivity contribution in [2.24, 2.45) is 0 Å². The van der Waals surface area contributed by atoms with Crippen LogP contribution in [0, 0.1) is 11.3 Å². The molecule has 28 heavy (non-hydrogen) atoms. The Kier molecular flexibility index (Phi) is 7.17. The number of ether oxygens (including phenoxy) is 2. The number of carbonyl (C=O) groups is 1. The van der Waals surface area contributed by atoms with E-state index in [9.17, 15) is 10.1 Å². The van der Waals surface area contributed by atoms with Gasteiger partial charge in [0.1, 0.15) is 17.2 Å². The minimum Gasteiger partial charge on any atom is -0.499 e. The van der Waals surface area contributed by atoms with Crippen LogP contribution in [-0.2, 0) is 14.3 Å². The summed E-state index contributed by atoms with van der Waals surface area (Å²) in [5, 5.41) is 9.79. The molecule has 144 valence electrons. The van der Waals surface area contributed by atoms with E-state index in [-0.39, 0.29) is 5.57 Å². The summed E-state index contributed by atoms with van der Waals surface area (Å²) in [6.07, 6.45) is 0.482. The van der Waals surface area contributed by atoms with Gasteiger partial charge in [-0.05, 0) is 31.9 Å². The molecule has 2 aromatic carbocycles. The zero-order valence-corrected chi connectivity index (χ0v) is 16.6. The van der Waals surface area contributed by atoms with Crippen LogP contribution in [0.1, 0.15) is 38.3 Å². The first-order valence-corrected chi connectivity index (χ1v) is 9.11. The van der Waals surface area contributed by atoms with Gasteiger partial charge in [0, 0.05) is 12.0 Å². The zero-order valence-electron chi connectivity index (χ0n) is 16.6. The van der Waals surface area contributed by atoms with Gasteiger partial charge in [-0.3, -0.25) is 0 Å². The molecule has 2 aromatic rings. The quantitative estimate of drug-likeness (QED) is 0.273. The predicted molar refractivity (Wildman–Crippen MR) is 110 cm³/mol. The molecule has 0 saturated heterocycles. The van der Waals surface area contributed by atoms with Crippen molar-refractivity contribution < 1.29 is 14.3 Å². The molecule has 0 fully saturated rings. The van der Waals surface area contributed by atoms with Gasteiger partial charge in [-0.25, -0.2) is 4.79 Å². The molecule has 4 nitrogen and oxygen atoms in total. The van der Waals surface area contributed by atoms with Crippen LogP contribution in [0.15, 0.2) is 78.6 Å². The van der Waals surface area contributed by atoms with Crippen molar-refractivity contribution in [2.45, 2.75) is 32.8 Å². The molecule has 0 heterocycles. The fraction of sp³-hybridized carbons (Fsp3) is 0.250. The lowest BCUT2D eigenvalue weighted by Gasteiger charge is -2.25. The number of carbonyl (C=O) groups excluding carboxylic acids is 1. The Balaban J connectivity index is 2.39. The van der Waals surface area contributed by atoms with Crippen molar-refractivity contribution >= 4 is 11.5 Å². The van der Waals surface area contributed by atoms with Crippen LogP contribution >= 0.6 is 0 Å². The second kappa shape index (κ2) is 9.57. The maximum atomic E-state index is 12.9. The van der Waals surface area contributed by atoms with Gasteiger partial charge in [-0.1, -0.05) is 67.2 Å². The van der Waals surface area contributed by atoms with Crippen LogP contribution in [0.4, 0.5) is 0 Å². The monoisotopic (exact) mass is 375 g/mol. The minimum atomic E-state index is -0.785. The Labute approximate surface area is 166 Å². The molecule has 0 aliphatic rings. The van der Waals surface area contributed by atoms with Crippen molar-refractivity contribution in [3.63, 3.8) is 0 Å². The number of benzene rings is 2. The first kappa shape index (κ1) is 21.0. The van der Waals surface area contributed by atoms with E-state index >= 15 is 0 Å². The third kappa shape index (κ3) is 5.85. The highest BCUT2D eigenvalue weighted by Crippen LogP contribution is 2.28. The van der Waals surface area contributed by atoms with Crippen molar-refractivity contribution in [2.75, 3.05) is 6.61 Å². The lowest BCUT2D eigenvalue weighted by molar-refractivity contribution is -0.152. The molecule has 0 amide bonds. The summed E-state index contributed by atoms with van der Waals surface area (Å²) >= 11 is 0. The van der Waals surface area contributed by atoms with Gasteiger partial charge in [0.15, 0.2) is 0 Å². The second-order valence-electron chi connectivity index (χ2n) is 7.04. The third-order valence-corrected chi connectivity index (χ3v) is 4.11. The smallest absolute Gasteiger partial charge is 0.350 e. The molecule has 0 aliphatic heterocycles. The Bertz CT molecular complexity index is 849. The normalized spacial score (nSPS) is 10.5. The van der Waals surface area contributed by atoms with Gasteiger partial charge >= 0.3 is 5.97 Å². The fourth-order valence-electron chi connectivity index (χ4n) is 2.69. The van der Waals surface area contributed by atoms with Crippen molar-refractivity contribution in [1.29, 1.82) is 5.26 Å². The molecule has 0 aromatic heterocycles. The van der Waals surface area contributed by atoms with E-state index in [1.54, 1.807) is 20.8 Å². The summed E-state index contributed by atoms with van der Waals surface area (Å²) in [6, 6.07) is 20.8. The van der Waals surface area contributed by atoms with Gasteiger partial charge in [-0.15, -0.1) is 0 Å². The van der Waals surface area contributed by atoms with Gasteiger partial charge in [0.2, 0.25) is 0 Å². The molecule has 0 atom stereocenters. The van der Waals surface area contributed by atoms with Crippen LogP contribution in [0.5, 0.6) is 0 Å². The summed E-state index contributed by atoms with van der Waals surface area (Å²) < 4.78 is 11.0. The van der Waals surface area contributed by atoms with Crippen LogP contribution in [0.25, 0.3) is 5.57 Å². The third-order valence-electron chi connectivity index (χ3n) is 4.11. The van der Waals surface area contributed by atoms with Crippen LogP contribution in [0.2, 0.25) is 0 Å². The summed E-state index contributed by atoms with van der Waals surface area (Å²) in [6.45, 7) is 9.43. The highest BCUT2D eigenvalue weighted by atomic mass is 16.6. The van der Waals surface area contributed by atoms with Crippen molar-refractivity contribution in [3.8, 4) is 6.07 Å². The molecule has 0 aliphatic carbocycles. The standard InChI is InChI=1S/C24H25NO3/c1-18(2)27-16-15-24(3,4)28-23(26)21(17-25)22(19-11-7-5-8-12-19)20-13-9-6-10-14-20/h5-14H,1,15-16H2,2-4H3. The first-order valence-electron chi connectivity index (χ1n) is 9.11. The largest absolute Gasteiger partial charge is 0.499 e. The Morgan fingerprint density at radius 3 is 1.96 bits per heavy atom. The molecular formula is C24H25NO3. The van der Waals surface area contributed by atoms with E-state index < -0.39 is 11.6 Å². The molecule has 0 radical (unpaired) electrons. The van der Waals surface area contributed by atoms with Gasteiger partial charge in [0.05, 0.1) is 12.4 Å². The lowest BCUT2D eigenvalue weighted by Crippen LogP contribution is -2.30. The average molecular weight is 375 g/mol. The summed E-state index contributed by atoms with van der Waals surface area (Å²) in [4.78, 5) is 12.9. The highest BCUT2D eigenvalue weighted by molar-refractivity contribution is 6.05. The molecule has 2 rings (SSSR count). The number of esters is 1. The summed E-state index contributed by atoms with van der Waals surface area (Å²) in [5.74, 6) is -0.0410. The van der Waals surface area contributed by atoms with Gasteiger partial charge < -0.3 is 9.47 Å². The van der Waals surface area contributed by atoms with E-state index in [2.05, 4.69) is 12.6 Å². The van der Waals surface area contributed by atoms with E-state index in [4.69, 9.17) is 9.47 Å². The zero-order chi connectivity index (χ0) is 20.6. The predicted octanol–water partition coefficient (Wildman–Crippen LogP) is 5.27. The summed E-state index contributed by atoms with van der Waals surface area (Å²) in [7, 11) is 0. The summed E-state index contributed by atoms with van der Waals surface area (Å²) in [5.41, 5.74) is 1.32. The first-order chi connectivity index (χ1) is 13.3. The molecule has 4 heteroatoms. The van der Waals surface area contributed by atoms with E-state index in [1.165, 1.54) is 0 Å². The maximum absolute atomic E-state index is 12.9. The van der Waals surface area contributed by atoms with Gasteiger partial charge in [0.25, 0.3) is 0 Å². The van der Waals surface area contributed by atoms with Crippen molar-refractivity contribution in [1.82, 2.24) is 0 Å². The van der Waals surface area contributed by atoms with Gasteiger partial charge in [-0.2, -0.15) is 5.26 Å². The number of nitrogens with zero attached hydrogens (tertiary/aromatic N) is 1. The Morgan fingerprint density at radius 2 is 1.54 bits per heavy atom. The Morgan fingerprint density at radius 1 is 1.04 bits per heavy atom. The molecule has 0 saturated carbocycles. The molecule has 0 spiro atoms. The fourth-order valence-corrected chi connectivity index (χ4v) is 2.69. The Hall–Kier alpha value is -3.32. The minimum absolute atomic E-state index is 0.0219. The van der Waals surface area contributed by atoms with Crippen LogP contribution in [-0.4, -0.2) is 18.2 Å². The second-order valence-corrected chi connectivity index (χ2v) is 7.04. The number of rotatable bonds is 8. The van der Waals surface area contributed by atoms with E-state index in [1.807, 2.05) is 60.7 Å². The van der Waals surface area contributed by atoms with E-state index in [0.29, 0.717) is 24.4 Å². The number of allylic oxidation sites excluding steroid dienone is 1. The topological polar surface area (TPSA) is 59.3 Å². The number of hydrogen-bond donors (Lipinski definition) is 0. The number of hydrogen-bond acceptors (Lipinski definition) is 4. The van der Waals surface area contributed by atoms with Crippen molar-refractivity contribution in [3.05, 3.63) is 89.7 Å². The molecule has 0 unspecified atom stereocenters. The lowest BCUT2D eigenvalue weighted by atomic mass is 9.93. The molecular weight excluding hydrogens is 350 g/mol. The SMILES string of the molecule is C=C(C)OCCC(C)(C)OC(=O)C(C#N)=C(c1ccccc1)c1ccccc1. The number of nitriles is 1. The molecule has 0 N–H and O–H groups in total. The average Bonchev–Trinajstić information content (AvgIpc) is 2.66. The maximum Gasteiger partial charge on any atom is 0.350 e. The van der Waals surface area contributed by atoms with Crippen LogP contribution < -0.4 is 0 Å². The van der Waals surface area contributed by atoms with Crippen LogP contribution in [0.3, 0.4) is 0 Å². The highest BCUT2D eigenvalue weighted by Gasteiger charge is 2.27.